The van der Waals surface area contributed by atoms with E-state index in [0.717, 1.165) is 33.1 Å². The third-order valence-corrected chi connectivity index (χ3v) is 5.69. The van der Waals surface area contributed by atoms with Crippen LogP contribution in [-0.4, -0.2) is 24.3 Å². The molecule has 5 heteroatoms. The summed E-state index contributed by atoms with van der Waals surface area (Å²) in [7, 11) is 0. The van der Waals surface area contributed by atoms with Gasteiger partial charge in [0.25, 0.3) is 5.91 Å². The fourth-order valence-electron chi connectivity index (χ4n) is 2.90. The number of ether oxygens (including phenoxy) is 1. The Morgan fingerprint density at radius 1 is 1.07 bits per heavy atom. The molecule has 28 heavy (non-hydrogen) atoms. The maximum atomic E-state index is 12.5. The van der Waals surface area contributed by atoms with E-state index in [0.29, 0.717) is 13.0 Å². The fourth-order valence-corrected chi connectivity index (χ4v) is 3.85. The van der Waals surface area contributed by atoms with Gasteiger partial charge in [0.2, 0.25) is 0 Å². The average Bonchev–Trinajstić information content (AvgIpc) is 2.73. The second kappa shape index (κ2) is 10.4. The van der Waals surface area contributed by atoms with Crippen molar-refractivity contribution in [2.24, 2.45) is 0 Å². The lowest BCUT2D eigenvalue weighted by Crippen LogP contribution is -2.39. The van der Waals surface area contributed by atoms with Gasteiger partial charge in [-0.1, -0.05) is 67.1 Å². The highest BCUT2D eigenvalue weighted by molar-refractivity contribution is 7.98. The summed E-state index contributed by atoms with van der Waals surface area (Å²) in [6, 6.07) is 21.8. The van der Waals surface area contributed by atoms with Gasteiger partial charge in [0.1, 0.15) is 5.75 Å². The van der Waals surface area contributed by atoms with Crippen molar-refractivity contribution < 1.29 is 9.53 Å². The van der Waals surface area contributed by atoms with E-state index in [9.17, 15) is 4.79 Å². The first-order chi connectivity index (χ1) is 13.7. The van der Waals surface area contributed by atoms with Crippen molar-refractivity contribution in [1.82, 2.24) is 5.32 Å². The second-order valence-corrected chi connectivity index (χ2v) is 8.00. The van der Waals surface area contributed by atoms with Gasteiger partial charge in [0.15, 0.2) is 6.10 Å². The topological polar surface area (TPSA) is 38.3 Å². The molecule has 1 N–H and O–H groups in total. The zero-order valence-corrected chi connectivity index (χ0v) is 17.4. The molecule has 0 aromatic heterocycles. The SMILES string of the molecule is CC[C@@H](Oc1cccc2ccccc12)C(=O)NCCSCc1ccc(Cl)cc1. The predicted molar refractivity (Wildman–Crippen MR) is 119 cm³/mol. The van der Waals surface area contributed by atoms with E-state index < -0.39 is 6.10 Å². The van der Waals surface area contributed by atoms with Crippen molar-refractivity contribution in [3.05, 3.63) is 77.3 Å². The third-order valence-electron chi connectivity index (χ3n) is 4.41. The van der Waals surface area contributed by atoms with Gasteiger partial charge >= 0.3 is 0 Å². The molecule has 0 saturated carbocycles. The molecule has 0 aliphatic rings. The van der Waals surface area contributed by atoms with Crippen LogP contribution in [0, 0.1) is 0 Å². The number of hydrogen-bond donors (Lipinski definition) is 1. The monoisotopic (exact) mass is 413 g/mol. The van der Waals surface area contributed by atoms with Crippen molar-refractivity contribution in [3.63, 3.8) is 0 Å². The highest BCUT2D eigenvalue weighted by Crippen LogP contribution is 2.26. The Morgan fingerprint density at radius 3 is 2.61 bits per heavy atom. The summed E-state index contributed by atoms with van der Waals surface area (Å²) in [5, 5.41) is 5.87. The van der Waals surface area contributed by atoms with Crippen LogP contribution in [0.25, 0.3) is 10.8 Å². The van der Waals surface area contributed by atoms with Gasteiger partial charge in [-0.05, 0) is 35.6 Å². The number of thioether (sulfide) groups is 1. The van der Waals surface area contributed by atoms with Gasteiger partial charge in [-0.3, -0.25) is 4.79 Å². The summed E-state index contributed by atoms with van der Waals surface area (Å²) in [6.45, 7) is 2.58. The van der Waals surface area contributed by atoms with Crippen LogP contribution in [-0.2, 0) is 10.5 Å². The molecule has 0 saturated heterocycles. The molecule has 3 rings (SSSR count). The summed E-state index contributed by atoms with van der Waals surface area (Å²) in [5.41, 5.74) is 1.23. The molecule has 146 valence electrons. The lowest BCUT2D eigenvalue weighted by atomic mass is 10.1. The number of halogens is 1. The summed E-state index contributed by atoms with van der Waals surface area (Å²) >= 11 is 7.68. The summed E-state index contributed by atoms with van der Waals surface area (Å²) in [6.07, 6.45) is 0.125. The molecule has 0 fully saturated rings. The van der Waals surface area contributed by atoms with Gasteiger partial charge in [0.05, 0.1) is 0 Å². The highest BCUT2D eigenvalue weighted by atomic mass is 35.5. The van der Waals surface area contributed by atoms with Crippen molar-refractivity contribution >= 4 is 40.0 Å². The van der Waals surface area contributed by atoms with Gasteiger partial charge in [-0.25, -0.2) is 0 Å². The van der Waals surface area contributed by atoms with E-state index in [4.69, 9.17) is 16.3 Å². The molecule has 3 aromatic rings. The predicted octanol–water partition coefficient (Wildman–Crippen LogP) is 5.70. The molecule has 3 aromatic carbocycles. The maximum absolute atomic E-state index is 12.5. The highest BCUT2D eigenvalue weighted by Gasteiger charge is 2.18. The molecular weight excluding hydrogens is 390 g/mol. The number of nitrogens with one attached hydrogen (secondary N) is 1. The molecule has 0 bridgehead atoms. The molecular formula is C23H24ClNO2S. The first kappa shape index (κ1) is 20.6. The number of carbonyl (C=O) groups is 1. The fraction of sp³-hybridized carbons (Fsp3) is 0.261. The van der Waals surface area contributed by atoms with E-state index in [2.05, 4.69) is 5.32 Å². The molecule has 1 atom stereocenters. The Labute approximate surface area is 175 Å². The van der Waals surface area contributed by atoms with Gasteiger partial charge in [-0.2, -0.15) is 11.8 Å². The first-order valence-electron chi connectivity index (χ1n) is 9.41. The van der Waals surface area contributed by atoms with Crippen LogP contribution in [0.1, 0.15) is 18.9 Å². The average molecular weight is 414 g/mol. The minimum atomic E-state index is -0.493. The molecule has 1 amide bonds. The van der Waals surface area contributed by atoms with Crippen LogP contribution in [0.15, 0.2) is 66.7 Å². The summed E-state index contributed by atoms with van der Waals surface area (Å²) in [4.78, 5) is 12.5. The van der Waals surface area contributed by atoms with Crippen molar-refractivity contribution in [1.29, 1.82) is 0 Å². The molecule has 0 unspecified atom stereocenters. The standard InChI is InChI=1S/C23H24ClNO2S/c1-2-21(27-22-9-5-7-18-6-3-4-8-20(18)22)23(26)25-14-15-28-16-17-10-12-19(24)13-11-17/h3-13,21H,2,14-16H2,1H3,(H,25,26)/t21-/m1/s1. The number of rotatable bonds is 9. The number of fused-ring (bicyclic) bond motifs is 1. The Hall–Kier alpha value is -2.17. The van der Waals surface area contributed by atoms with Crippen molar-refractivity contribution in [2.75, 3.05) is 12.3 Å². The second-order valence-electron chi connectivity index (χ2n) is 6.46. The lowest BCUT2D eigenvalue weighted by Gasteiger charge is -2.18. The smallest absolute Gasteiger partial charge is 0.261 e. The number of hydrogen-bond acceptors (Lipinski definition) is 3. The molecule has 0 heterocycles. The molecule has 0 aliphatic heterocycles. The third kappa shape index (κ3) is 5.66. The van der Waals surface area contributed by atoms with Gasteiger partial charge < -0.3 is 10.1 Å². The number of carbonyl (C=O) groups excluding carboxylic acids is 1. The zero-order valence-electron chi connectivity index (χ0n) is 15.9. The van der Waals surface area contributed by atoms with Crippen LogP contribution in [0.5, 0.6) is 5.75 Å². The molecule has 3 nitrogen and oxygen atoms in total. The van der Waals surface area contributed by atoms with E-state index in [1.54, 1.807) is 11.8 Å². The Bertz CT molecular complexity index is 909. The minimum Gasteiger partial charge on any atom is -0.480 e. The van der Waals surface area contributed by atoms with E-state index in [-0.39, 0.29) is 5.91 Å². The van der Waals surface area contributed by atoms with Crippen LogP contribution in [0.2, 0.25) is 5.02 Å². The van der Waals surface area contributed by atoms with Gasteiger partial charge in [-0.15, -0.1) is 0 Å². The van der Waals surface area contributed by atoms with E-state index in [1.807, 2.05) is 73.7 Å². The van der Waals surface area contributed by atoms with Crippen LogP contribution in [0.3, 0.4) is 0 Å². The molecule has 0 aliphatic carbocycles. The maximum Gasteiger partial charge on any atom is 0.261 e. The van der Waals surface area contributed by atoms with E-state index in [1.165, 1.54) is 5.56 Å². The Morgan fingerprint density at radius 2 is 1.82 bits per heavy atom. The van der Waals surface area contributed by atoms with Crippen molar-refractivity contribution in [3.8, 4) is 5.75 Å². The quantitative estimate of drug-likeness (QED) is 0.457. The number of amides is 1. The first-order valence-corrected chi connectivity index (χ1v) is 10.9. The Balaban J connectivity index is 1.47. The normalized spacial score (nSPS) is 11.9. The molecule has 0 spiro atoms. The van der Waals surface area contributed by atoms with Gasteiger partial charge in [0, 0.05) is 28.5 Å². The lowest BCUT2D eigenvalue weighted by molar-refractivity contribution is -0.127. The van der Waals surface area contributed by atoms with Crippen LogP contribution < -0.4 is 10.1 Å². The molecule has 0 radical (unpaired) electrons. The zero-order chi connectivity index (χ0) is 19.8. The Kier molecular flexibility index (Phi) is 7.63. The number of benzene rings is 3. The van der Waals surface area contributed by atoms with Crippen LogP contribution >= 0.6 is 23.4 Å². The summed E-state index contributed by atoms with van der Waals surface area (Å²) in [5.74, 6) is 2.43. The summed E-state index contributed by atoms with van der Waals surface area (Å²) < 4.78 is 6.04. The minimum absolute atomic E-state index is 0.0671. The van der Waals surface area contributed by atoms with Crippen molar-refractivity contribution in [2.45, 2.75) is 25.2 Å². The van der Waals surface area contributed by atoms with Crippen LogP contribution in [0.4, 0.5) is 0 Å². The largest absolute Gasteiger partial charge is 0.480 e. The van der Waals surface area contributed by atoms with E-state index >= 15 is 0 Å².